The van der Waals surface area contributed by atoms with Gasteiger partial charge in [0, 0.05) is 11.3 Å². The van der Waals surface area contributed by atoms with Crippen molar-refractivity contribution in [3.8, 4) is 0 Å². The summed E-state index contributed by atoms with van der Waals surface area (Å²) in [7, 11) is 1.31. The van der Waals surface area contributed by atoms with Gasteiger partial charge in [0.1, 0.15) is 0 Å². The van der Waals surface area contributed by atoms with Crippen LogP contribution in [0.4, 0.5) is 5.69 Å². The number of hydrogen-bond acceptors (Lipinski definition) is 4. The van der Waals surface area contributed by atoms with Crippen LogP contribution in [-0.2, 0) is 11.2 Å². The molecule has 25 heavy (non-hydrogen) atoms. The summed E-state index contributed by atoms with van der Waals surface area (Å²) >= 11 is 5.25. The minimum atomic E-state index is -0.448. The van der Waals surface area contributed by atoms with Gasteiger partial charge in [-0.25, -0.2) is 4.79 Å². The molecule has 130 valence electrons. The monoisotopic (exact) mass is 356 g/mol. The van der Waals surface area contributed by atoms with E-state index in [0.29, 0.717) is 11.1 Å². The molecule has 0 atom stereocenters. The maximum Gasteiger partial charge on any atom is 0.337 e. The summed E-state index contributed by atoms with van der Waals surface area (Å²) in [6.07, 6.45) is 0.857. The van der Waals surface area contributed by atoms with Gasteiger partial charge in [0.2, 0.25) is 0 Å². The summed E-state index contributed by atoms with van der Waals surface area (Å²) in [4.78, 5) is 23.7. The van der Waals surface area contributed by atoms with Crippen LogP contribution in [0.2, 0.25) is 0 Å². The summed E-state index contributed by atoms with van der Waals surface area (Å²) in [6.45, 7) is 4.04. The van der Waals surface area contributed by atoms with Gasteiger partial charge in [0.05, 0.1) is 12.7 Å². The molecule has 0 aliphatic rings. The second kappa shape index (κ2) is 8.39. The lowest BCUT2D eigenvalue weighted by Gasteiger charge is -2.15. The number of aryl methyl sites for hydroxylation is 2. The quantitative estimate of drug-likeness (QED) is 0.649. The van der Waals surface area contributed by atoms with Crippen LogP contribution >= 0.6 is 12.2 Å². The first-order valence-electron chi connectivity index (χ1n) is 7.85. The van der Waals surface area contributed by atoms with E-state index in [2.05, 4.69) is 22.3 Å². The van der Waals surface area contributed by atoms with Crippen LogP contribution in [0.15, 0.2) is 42.5 Å². The Bertz CT molecular complexity index is 801. The molecular weight excluding hydrogens is 336 g/mol. The Morgan fingerprint density at radius 2 is 1.72 bits per heavy atom. The van der Waals surface area contributed by atoms with E-state index in [9.17, 15) is 9.59 Å². The summed E-state index contributed by atoms with van der Waals surface area (Å²) < 4.78 is 4.63. The van der Waals surface area contributed by atoms with Crippen LogP contribution in [0.3, 0.4) is 0 Å². The van der Waals surface area contributed by atoms with Crippen molar-refractivity contribution in [2.24, 2.45) is 0 Å². The van der Waals surface area contributed by atoms with Gasteiger partial charge >= 0.3 is 5.97 Å². The average Bonchev–Trinajstić information content (AvgIpc) is 2.62. The molecule has 0 saturated heterocycles. The number of carbonyl (C=O) groups is 2. The summed E-state index contributed by atoms with van der Waals surface area (Å²) in [5.41, 5.74) is 3.87. The van der Waals surface area contributed by atoms with Gasteiger partial charge in [0.25, 0.3) is 5.91 Å². The molecule has 0 aromatic heterocycles. The Labute approximate surface area is 152 Å². The molecule has 0 aliphatic carbocycles. The van der Waals surface area contributed by atoms with E-state index < -0.39 is 5.97 Å². The number of para-hydroxylation sites is 1. The van der Waals surface area contributed by atoms with Crippen molar-refractivity contribution >= 4 is 34.9 Å². The molecule has 0 radical (unpaired) electrons. The van der Waals surface area contributed by atoms with Gasteiger partial charge in [-0.15, -0.1) is 0 Å². The highest BCUT2D eigenvalue weighted by atomic mass is 32.1. The van der Waals surface area contributed by atoms with Crippen molar-refractivity contribution in [1.29, 1.82) is 0 Å². The van der Waals surface area contributed by atoms with Gasteiger partial charge < -0.3 is 10.1 Å². The van der Waals surface area contributed by atoms with Crippen LogP contribution in [0, 0.1) is 6.92 Å². The Morgan fingerprint density at radius 1 is 1.08 bits per heavy atom. The fraction of sp³-hybridized carbons (Fsp3) is 0.211. The molecule has 2 rings (SSSR count). The molecule has 5 nitrogen and oxygen atoms in total. The highest BCUT2D eigenvalue weighted by Gasteiger charge is 2.12. The largest absolute Gasteiger partial charge is 0.465 e. The van der Waals surface area contributed by atoms with Crippen molar-refractivity contribution in [2.45, 2.75) is 20.3 Å². The molecule has 6 heteroatoms. The van der Waals surface area contributed by atoms with Gasteiger partial charge in [0.15, 0.2) is 5.11 Å². The highest BCUT2D eigenvalue weighted by molar-refractivity contribution is 7.80. The minimum absolute atomic E-state index is 0.228. The molecule has 0 saturated carbocycles. The van der Waals surface area contributed by atoms with Gasteiger partial charge in [-0.1, -0.05) is 25.1 Å². The topological polar surface area (TPSA) is 67.4 Å². The zero-order valence-corrected chi connectivity index (χ0v) is 15.2. The fourth-order valence-electron chi connectivity index (χ4n) is 2.40. The van der Waals surface area contributed by atoms with Crippen molar-refractivity contribution in [3.63, 3.8) is 0 Å². The SMILES string of the molecule is CCc1cccc(C)c1NC(=S)NC(=O)c1ccc(C(=O)OC)cc1. The van der Waals surface area contributed by atoms with E-state index >= 15 is 0 Å². The first kappa shape index (κ1) is 18.6. The van der Waals surface area contributed by atoms with E-state index in [1.807, 2.05) is 25.1 Å². The third kappa shape index (κ3) is 4.64. The summed E-state index contributed by atoms with van der Waals surface area (Å²) in [5, 5.41) is 5.97. The van der Waals surface area contributed by atoms with Crippen LogP contribution in [-0.4, -0.2) is 24.1 Å². The smallest absolute Gasteiger partial charge is 0.337 e. The Hall–Kier alpha value is -2.73. The number of esters is 1. The zero-order valence-electron chi connectivity index (χ0n) is 14.4. The third-order valence-corrected chi connectivity index (χ3v) is 3.98. The lowest BCUT2D eigenvalue weighted by atomic mass is 10.1. The molecule has 0 bridgehead atoms. The van der Waals surface area contributed by atoms with Gasteiger partial charge in [-0.2, -0.15) is 0 Å². The number of hydrogen-bond donors (Lipinski definition) is 2. The van der Waals surface area contributed by atoms with Crippen molar-refractivity contribution in [1.82, 2.24) is 5.32 Å². The van der Waals surface area contributed by atoms with Crippen LogP contribution < -0.4 is 10.6 Å². The van der Waals surface area contributed by atoms with E-state index in [4.69, 9.17) is 12.2 Å². The molecule has 0 fully saturated rings. The first-order valence-corrected chi connectivity index (χ1v) is 8.26. The number of methoxy groups -OCH3 is 1. The van der Waals surface area contributed by atoms with E-state index in [1.165, 1.54) is 19.2 Å². The van der Waals surface area contributed by atoms with Crippen LogP contribution in [0.5, 0.6) is 0 Å². The molecule has 0 unspecified atom stereocenters. The predicted octanol–water partition coefficient (Wildman–Crippen LogP) is 3.47. The number of benzene rings is 2. The second-order valence-electron chi connectivity index (χ2n) is 5.44. The van der Waals surface area contributed by atoms with E-state index in [-0.39, 0.29) is 11.0 Å². The fourth-order valence-corrected chi connectivity index (χ4v) is 2.59. The maximum atomic E-state index is 12.3. The molecule has 2 aromatic rings. The lowest BCUT2D eigenvalue weighted by molar-refractivity contribution is 0.0600. The number of carbonyl (C=O) groups excluding carboxylic acids is 2. The van der Waals surface area contributed by atoms with Gasteiger partial charge in [-0.3, -0.25) is 10.1 Å². The molecule has 1 amide bonds. The Kier molecular flexibility index (Phi) is 6.25. The number of ether oxygens (including phenoxy) is 1. The van der Waals surface area contributed by atoms with E-state index in [0.717, 1.165) is 23.2 Å². The standard InChI is InChI=1S/C19H20N2O3S/c1-4-13-7-5-6-12(2)16(13)20-19(25)21-17(22)14-8-10-15(11-9-14)18(23)24-3/h5-11H,4H2,1-3H3,(H2,20,21,22,25). The molecule has 0 spiro atoms. The second-order valence-corrected chi connectivity index (χ2v) is 5.85. The molecule has 0 heterocycles. The first-order chi connectivity index (χ1) is 12.0. The van der Waals surface area contributed by atoms with E-state index in [1.54, 1.807) is 12.1 Å². The Balaban J connectivity index is 2.06. The average molecular weight is 356 g/mol. The number of amides is 1. The summed E-state index contributed by atoms with van der Waals surface area (Å²) in [5.74, 6) is -0.795. The normalized spacial score (nSPS) is 10.0. The molecular formula is C19H20N2O3S. The third-order valence-electron chi connectivity index (χ3n) is 3.77. The van der Waals surface area contributed by atoms with Crippen molar-refractivity contribution < 1.29 is 14.3 Å². The Morgan fingerprint density at radius 3 is 2.32 bits per heavy atom. The number of rotatable bonds is 4. The number of nitrogens with one attached hydrogen (secondary N) is 2. The summed E-state index contributed by atoms with van der Waals surface area (Å²) in [6, 6.07) is 12.2. The predicted molar refractivity (Wildman–Crippen MR) is 102 cm³/mol. The van der Waals surface area contributed by atoms with Crippen molar-refractivity contribution in [3.05, 3.63) is 64.7 Å². The minimum Gasteiger partial charge on any atom is -0.465 e. The van der Waals surface area contributed by atoms with Crippen LogP contribution in [0.25, 0.3) is 0 Å². The molecule has 2 N–H and O–H groups in total. The number of thiocarbonyl (C=S) groups is 1. The van der Waals surface area contributed by atoms with Crippen molar-refractivity contribution in [2.75, 3.05) is 12.4 Å². The number of anilines is 1. The lowest BCUT2D eigenvalue weighted by Crippen LogP contribution is -2.34. The van der Waals surface area contributed by atoms with Crippen LogP contribution in [0.1, 0.15) is 38.8 Å². The maximum absolute atomic E-state index is 12.3. The van der Waals surface area contributed by atoms with Gasteiger partial charge in [-0.05, 0) is 61.0 Å². The highest BCUT2D eigenvalue weighted by Crippen LogP contribution is 2.20. The molecule has 0 aliphatic heterocycles. The molecule has 2 aromatic carbocycles. The zero-order chi connectivity index (χ0) is 18.4.